The topological polar surface area (TPSA) is 66.9 Å². The number of alkyl halides is 1. The minimum Gasteiger partial charge on any atom is -0.444 e. The molecule has 6 nitrogen and oxygen atoms in total. The lowest BCUT2D eigenvalue weighted by Gasteiger charge is -2.39. The maximum absolute atomic E-state index is 12.8. The Balaban J connectivity index is 0.00000109. The monoisotopic (exact) mass is 466 g/mol. The zero-order valence-corrected chi connectivity index (χ0v) is 18.0. The van der Waals surface area contributed by atoms with Crippen molar-refractivity contribution in [1.82, 2.24) is 4.31 Å². The highest BCUT2D eigenvalue weighted by Crippen LogP contribution is 2.32. The third-order valence-electron chi connectivity index (χ3n) is 4.97. The molecule has 2 aromatic rings. The summed E-state index contributed by atoms with van der Waals surface area (Å²) in [6.45, 7) is 1.05. The second-order valence-corrected chi connectivity index (χ2v) is 8.44. The number of fused-ring (bicyclic) bond motifs is 1. The first-order valence-corrected chi connectivity index (χ1v) is 12.1. The van der Waals surface area contributed by atoms with E-state index in [1.54, 1.807) is 35.2 Å². The summed E-state index contributed by atoms with van der Waals surface area (Å²) in [6.07, 6.45) is 0.804. The molecule has 4 rings (SSSR count). The lowest BCUT2D eigenvalue weighted by Crippen LogP contribution is -2.50. The number of rotatable bonds is 3. The van der Waals surface area contributed by atoms with Crippen LogP contribution in [-0.2, 0) is 21.4 Å². The minimum absolute atomic E-state index is 0.0637. The quantitative estimate of drug-likeness (QED) is 0.640. The van der Waals surface area contributed by atoms with Gasteiger partial charge >= 0.3 is 6.09 Å². The smallest absolute Gasteiger partial charge is 0.414 e. The minimum atomic E-state index is -3.49. The molecule has 0 N–H and O–H groups in total. The Kier molecular flexibility index (Phi) is 6.74. The Hall–Kier alpha value is -1.90. The van der Waals surface area contributed by atoms with E-state index >= 15 is 0 Å². The van der Waals surface area contributed by atoms with Gasteiger partial charge in [-0.2, -0.15) is 4.31 Å². The van der Waals surface area contributed by atoms with Gasteiger partial charge in [-0.15, -0.1) is 0 Å². The molecule has 1 saturated heterocycles. The third-order valence-corrected chi connectivity index (χ3v) is 6.88. The van der Waals surface area contributed by atoms with Crippen molar-refractivity contribution >= 4 is 37.7 Å². The predicted octanol–water partition coefficient (Wildman–Crippen LogP) is 4.01. The van der Waals surface area contributed by atoms with E-state index in [0.29, 0.717) is 30.8 Å². The molecule has 2 aromatic carbocycles. The zero-order chi connectivity index (χ0) is 20.1. The van der Waals surface area contributed by atoms with Crippen LogP contribution in [-0.4, -0.2) is 43.8 Å². The van der Waals surface area contributed by atoms with Crippen molar-refractivity contribution in [2.75, 3.05) is 23.8 Å². The van der Waals surface area contributed by atoms with E-state index < -0.39 is 10.0 Å². The van der Waals surface area contributed by atoms with Gasteiger partial charge in [-0.25, -0.2) is 13.2 Å². The maximum Gasteiger partial charge on any atom is 0.414 e. The lowest BCUT2D eigenvalue weighted by molar-refractivity contribution is 0.136. The van der Waals surface area contributed by atoms with Crippen molar-refractivity contribution in [3.05, 3.63) is 60.2 Å². The van der Waals surface area contributed by atoms with E-state index in [-0.39, 0.29) is 18.7 Å². The van der Waals surface area contributed by atoms with Crippen LogP contribution >= 0.6 is 15.9 Å². The number of nitrogens with zero attached hydrogens (tertiary/aromatic N) is 2. The Morgan fingerprint density at radius 1 is 0.964 bits per heavy atom. The number of anilines is 1. The van der Waals surface area contributed by atoms with Crippen molar-refractivity contribution < 1.29 is 17.9 Å². The molecule has 0 aromatic heterocycles. The summed E-state index contributed by atoms with van der Waals surface area (Å²) in [5, 5.41) is 0. The fraction of sp³-hybridized carbons (Fsp3) is 0.350. The fourth-order valence-electron chi connectivity index (χ4n) is 3.60. The summed E-state index contributed by atoms with van der Waals surface area (Å²) in [6, 6.07) is 16.1. The van der Waals surface area contributed by atoms with Gasteiger partial charge in [0.15, 0.2) is 0 Å². The molecule has 0 spiro atoms. The van der Waals surface area contributed by atoms with Crippen LogP contribution in [0.4, 0.5) is 10.5 Å². The number of carbonyl (C=O) groups is 1. The molecule has 0 radical (unpaired) electrons. The fourth-order valence-corrected chi connectivity index (χ4v) is 5.09. The van der Waals surface area contributed by atoms with Crippen LogP contribution < -0.4 is 4.90 Å². The molecule has 8 heteroatoms. The van der Waals surface area contributed by atoms with E-state index in [1.165, 1.54) is 4.31 Å². The van der Waals surface area contributed by atoms with Crippen LogP contribution in [0.5, 0.6) is 0 Å². The van der Waals surface area contributed by atoms with Gasteiger partial charge in [0.1, 0.15) is 6.61 Å². The molecule has 1 amide bonds. The summed E-state index contributed by atoms with van der Waals surface area (Å²) >= 11 is 2.94. The van der Waals surface area contributed by atoms with Crippen molar-refractivity contribution in [3.8, 4) is 0 Å². The number of cyclic esters (lactones) is 1. The van der Waals surface area contributed by atoms with Gasteiger partial charge < -0.3 is 4.74 Å². The van der Waals surface area contributed by atoms with E-state index in [9.17, 15) is 13.2 Å². The summed E-state index contributed by atoms with van der Waals surface area (Å²) in [5.41, 5.74) is 1.85. The van der Waals surface area contributed by atoms with Gasteiger partial charge in [0.05, 0.1) is 10.6 Å². The summed E-state index contributed by atoms with van der Waals surface area (Å²) in [4.78, 5) is 14.3. The summed E-state index contributed by atoms with van der Waals surface area (Å²) < 4.78 is 32.3. The molecule has 2 aliphatic heterocycles. The molecule has 0 unspecified atom stereocenters. The molecule has 2 heterocycles. The largest absolute Gasteiger partial charge is 0.444 e. The number of ether oxygens (including phenoxy) is 1. The van der Waals surface area contributed by atoms with Crippen LogP contribution in [0.3, 0.4) is 0 Å². The van der Waals surface area contributed by atoms with Gasteiger partial charge in [0.2, 0.25) is 10.0 Å². The summed E-state index contributed by atoms with van der Waals surface area (Å²) in [7, 11) is -3.49. The van der Waals surface area contributed by atoms with E-state index in [2.05, 4.69) is 15.9 Å². The highest BCUT2D eigenvalue weighted by molar-refractivity contribution is 9.08. The first-order chi connectivity index (χ1) is 13.6. The third kappa shape index (κ3) is 4.09. The van der Waals surface area contributed by atoms with Gasteiger partial charge in [-0.05, 0) is 36.9 Å². The molecule has 0 saturated carbocycles. The van der Waals surface area contributed by atoms with Crippen molar-refractivity contribution in [1.29, 1.82) is 0 Å². The van der Waals surface area contributed by atoms with Gasteiger partial charge in [-0.3, -0.25) is 4.90 Å². The number of halogens is 1. The molecule has 0 aliphatic carbocycles. The van der Waals surface area contributed by atoms with E-state index in [0.717, 1.165) is 11.3 Å². The highest BCUT2D eigenvalue weighted by atomic mass is 79.9. The normalized spacial score (nSPS) is 17.9. The Morgan fingerprint density at radius 3 is 2.25 bits per heavy atom. The van der Waals surface area contributed by atoms with Crippen molar-refractivity contribution in [2.24, 2.45) is 0 Å². The standard InChI is InChI=1S/C19H20N2O4S.CH3Br/c22-19-21(18-9-5-4-6-15(18)14-25-19)16-10-12-20(13-11-16)26(23,24)17-7-2-1-3-8-17;1-2/h1-9,16H,10-14H2;1H3. The molecule has 2 aliphatic rings. The van der Waals surface area contributed by atoms with Crippen LogP contribution in [0.15, 0.2) is 59.5 Å². The van der Waals surface area contributed by atoms with Gasteiger partial charge in [0, 0.05) is 24.7 Å². The number of benzene rings is 2. The van der Waals surface area contributed by atoms with E-state index in [4.69, 9.17) is 4.74 Å². The highest BCUT2D eigenvalue weighted by Gasteiger charge is 2.36. The average Bonchev–Trinajstić information content (AvgIpc) is 2.76. The molecule has 0 atom stereocenters. The number of para-hydroxylation sites is 1. The molecular weight excluding hydrogens is 444 g/mol. The SMILES string of the molecule is CBr.O=C1OCc2ccccc2N1C1CCN(S(=O)(=O)c2ccccc2)CC1. The Bertz CT molecular complexity index is 913. The lowest BCUT2D eigenvalue weighted by atomic mass is 10.0. The van der Waals surface area contributed by atoms with Crippen LogP contribution in [0, 0.1) is 0 Å². The van der Waals surface area contributed by atoms with Crippen molar-refractivity contribution in [2.45, 2.75) is 30.4 Å². The second-order valence-electron chi connectivity index (χ2n) is 6.50. The summed E-state index contributed by atoms with van der Waals surface area (Å²) in [5.74, 6) is 1.81. The molecular formula is C20H23BrN2O4S. The molecule has 28 heavy (non-hydrogen) atoms. The molecule has 150 valence electrons. The first-order valence-electron chi connectivity index (χ1n) is 9.04. The zero-order valence-electron chi connectivity index (χ0n) is 15.6. The number of piperidine rings is 1. The molecule has 0 bridgehead atoms. The second kappa shape index (κ2) is 9.07. The van der Waals surface area contributed by atoms with Gasteiger partial charge in [0.25, 0.3) is 0 Å². The molecule has 1 fully saturated rings. The van der Waals surface area contributed by atoms with Crippen molar-refractivity contribution in [3.63, 3.8) is 0 Å². The number of amides is 1. The predicted molar refractivity (Wildman–Crippen MR) is 112 cm³/mol. The van der Waals surface area contributed by atoms with E-state index in [1.807, 2.05) is 30.1 Å². The number of hydrogen-bond acceptors (Lipinski definition) is 4. The van der Waals surface area contributed by atoms with Crippen LogP contribution in [0.1, 0.15) is 18.4 Å². The number of carbonyl (C=O) groups excluding carboxylic acids is 1. The number of hydrogen-bond donors (Lipinski definition) is 0. The first kappa shape index (κ1) is 20.8. The van der Waals surface area contributed by atoms with Crippen LogP contribution in [0.25, 0.3) is 0 Å². The Morgan fingerprint density at radius 2 is 1.57 bits per heavy atom. The van der Waals surface area contributed by atoms with Gasteiger partial charge in [-0.1, -0.05) is 52.3 Å². The van der Waals surface area contributed by atoms with Crippen LogP contribution in [0.2, 0.25) is 0 Å². The average molecular weight is 467 g/mol. The Labute approximate surface area is 174 Å². The maximum atomic E-state index is 12.8. The number of sulfonamides is 1.